The van der Waals surface area contributed by atoms with Crippen LogP contribution < -0.4 is 0 Å². The maximum absolute atomic E-state index is 9.45. The molecule has 2 rings (SSSR count). The smallest absolute Gasteiger partial charge is 0.376 e. The van der Waals surface area contributed by atoms with Crippen LogP contribution in [0.1, 0.15) is 19.3 Å². The van der Waals surface area contributed by atoms with E-state index in [1.807, 2.05) is 6.82 Å². The first-order valence-electron chi connectivity index (χ1n) is 5.79. The zero-order valence-corrected chi connectivity index (χ0v) is 9.32. The molecule has 0 aromatic heterocycles. The van der Waals surface area contributed by atoms with E-state index in [2.05, 4.69) is 16.8 Å². The maximum Gasteiger partial charge on any atom is 0.376 e. The summed E-state index contributed by atoms with van der Waals surface area (Å²) in [7, 11) is 1.96. The summed E-state index contributed by atoms with van der Waals surface area (Å²) in [5.74, 6) is 0.973. The number of nitrogens with zero attached hydrogens (tertiary/aromatic N) is 2. The fourth-order valence-corrected chi connectivity index (χ4v) is 2.32. The van der Waals surface area contributed by atoms with Crippen molar-refractivity contribution in [1.82, 2.24) is 9.71 Å². The minimum Gasteiger partial charge on any atom is -0.437 e. The molecular formula is C10H21BN2O. The van der Waals surface area contributed by atoms with Gasteiger partial charge in [-0.05, 0) is 45.6 Å². The lowest BCUT2D eigenvalue weighted by atomic mass is 9.86. The highest BCUT2D eigenvalue weighted by Gasteiger charge is 2.32. The van der Waals surface area contributed by atoms with Gasteiger partial charge in [0.25, 0.3) is 0 Å². The highest BCUT2D eigenvalue weighted by atomic mass is 16.2. The van der Waals surface area contributed by atoms with Crippen LogP contribution >= 0.6 is 0 Å². The van der Waals surface area contributed by atoms with Crippen molar-refractivity contribution < 1.29 is 5.02 Å². The van der Waals surface area contributed by atoms with Crippen molar-refractivity contribution in [2.24, 2.45) is 5.92 Å². The molecule has 0 amide bonds. The normalized spacial score (nSPS) is 28.7. The summed E-state index contributed by atoms with van der Waals surface area (Å²) in [4.78, 5) is 4.65. The van der Waals surface area contributed by atoms with Gasteiger partial charge in [-0.15, -0.1) is 0 Å². The van der Waals surface area contributed by atoms with E-state index >= 15 is 0 Å². The van der Waals surface area contributed by atoms with Gasteiger partial charge in [0.1, 0.15) is 0 Å². The van der Waals surface area contributed by atoms with Gasteiger partial charge in [-0.1, -0.05) is 0 Å². The molecular weight excluding hydrogens is 175 g/mol. The molecule has 0 bridgehead atoms. The average molecular weight is 196 g/mol. The summed E-state index contributed by atoms with van der Waals surface area (Å²) in [6.07, 6.45) is 4.07. The van der Waals surface area contributed by atoms with E-state index in [1.165, 1.54) is 25.8 Å². The third kappa shape index (κ3) is 2.50. The zero-order chi connectivity index (χ0) is 10.1. The summed E-state index contributed by atoms with van der Waals surface area (Å²) >= 11 is 0. The Labute approximate surface area is 87.2 Å². The van der Waals surface area contributed by atoms with Gasteiger partial charge in [-0.3, -0.25) is 0 Å². The zero-order valence-electron chi connectivity index (χ0n) is 9.32. The van der Waals surface area contributed by atoms with Crippen molar-refractivity contribution >= 4 is 7.05 Å². The minimum absolute atomic E-state index is 0.269. The highest BCUT2D eigenvalue weighted by Crippen LogP contribution is 2.30. The van der Waals surface area contributed by atoms with Gasteiger partial charge in [-0.2, -0.15) is 0 Å². The topological polar surface area (TPSA) is 26.7 Å². The third-order valence-electron chi connectivity index (χ3n) is 3.59. The van der Waals surface area contributed by atoms with E-state index in [4.69, 9.17) is 0 Å². The van der Waals surface area contributed by atoms with Gasteiger partial charge in [0.2, 0.25) is 0 Å². The van der Waals surface area contributed by atoms with E-state index in [9.17, 15) is 5.02 Å². The molecule has 1 aliphatic carbocycles. The monoisotopic (exact) mass is 196 g/mol. The Morgan fingerprint density at radius 2 is 2.14 bits per heavy atom. The van der Waals surface area contributed by atoms with Gasteiger partial charge < -0.3 is 14.7 Å². The Morgan fingerprint density at radius 3 is 2.64 bits per heavy atom. The summed E-state index contributed by atoms with van der Waals surface area (Å²) in [5, 5.41) is 9.45. The van der Waals surface area contributed by atoms with Crippen LogP contribution in [0.2, 0.25) is 6.82 Å². The first kappa shape index (κ1) is 10.5. The summed E-state index contributed by atoms with van der Waals surface area (Å²) in [5.41, 5.74) is 0. The summed E-state index contributed by atoms with van der Waals surface area (Å²) in [6.45, 7) is 5.22. The molecule has 0 spiro atoms. The first-order valence-corrected chi connectivity index (χ1v) is 5.79. The number of rotatable bonds is 4. The number of likely N-dealkylation sites (N-methyl/N-ethyl adjacent to an activating group) is 1. The third-order valence-corrected chi connectivity index (χ3v) is 3.59. The molecule has 2 aliphatic rings. The van der Waals surface area contributed by atoms with Gasteiger partial charge in [0.15, 0.2) is 0 Å². The number of hydrogen-bond donors (Lipinski definition) is 1. The lowest BCUT2D eigenvalue weighted by Gasteiger charge is -2.24. The van der Waals surface area contributed by atoms with Crippen LogP contribution in [0, 0.1) is 5.92 Å². The van der Waals surface area contributed by atoms with Gasteiger partial charge in [0.05, 0.1) is 0 Å². The fraction of sp³-hybridized carbons (Fsp3) is 1.00. The van der Waals surface area contributed by atoms with Gasteiger partial charge >= 0.3 is 7.05 Å². The molecule has 1 saturated carbocycles. The molecule has 0 aromatic rings. The maximum atomic E-state index is 9.45. The van der Waals surface area contributed by atoms with Crippen LogP contribution in [-0.2, 0) is 0 Å². The second-order valence-electron chi connectivity index (χ2n) is 4.95. The van der Waals surface area contributed by atoms with Crippen molar-refractivity contribution in [2.45, 2.75) is 32.1 Å². The van der Waals surface area contributed by atoms with E-state index in [1.54, 1.807) is 0 Å². The second-order valence-corrected chi connectivity index (χ2v) is 4.95. The van der Waals surface area contributed by atoms with E-state index in [0.29, 0.717) is 6.04 Å². The number of hydrogen-bond acceptors (Lipinski definition) is 3. The molecule has 1 saturated heterocycles. The fourth-order valence-electron chi connectivity index (χ4n) is 2.32. The SMILES string of the molecule is CB(O)N1CCC(N(C)CC2CC2)C1. The van der Waals surface area contributed by atoms with Gasteiger partial charge in [-0.25, -0.2) is 0 Å². The van der Waals surface area contributed by atoms with Crippen LogP contribution in [0.5, 0.6) is 0 Å². The molecule has 2 fully saturated rings. The Bertz CT molecular complexity index is 197. The Balaban J connectivity index is 1.75. The second kappa shape index (κ2) is 4.21. The standard InChI is InChI=1S/C10H21BN2O/c1-11(14)13-6-5-10(8-13)12(2)7-9-3-4-9/h9-10,14H,3-8H2,1-2H3. The molecule has 1 unspecified atom stereocenters. The molecule has 1 heterocycles. The Hall–Kier alpha value is -0.0551. The summed E-state index contributed by atoms with van der Waals surface area (Å²) in [6, 6.07) is 0.671. The quantitative estimate of drug-likeness (QED) is 0.664. The Morgan fingerprint density at radius 1 is 1.43 bits per heavy atom. The van der Waals surface area contributed by atoms with Crippen molar-refractivity contribution in [3.63, 3.8) is 0 Å². The largest absolute Gasteiger partial charge is 0.437 e. The molecule has 1 N–H and O–H groups in total. The molecule has 0 aromatic carbocycles. The highest BCUT2D eigenvalue weighted by molar-refractivity contribution is 6.45. The molecule has 1 atom stereocenters. The lowest BCUT2D eigenvalue weighted by molar-refractivity contribution is 0.238. The Kier molecular flexibility index (Phi) is 3.15. The van der Waals surface area contributed by atoms with Crippen molar-refractivity contribution in [3.05, 3.63) is 0 Å². The molecule has 4 heteroatoms. The first-order chi connectivity index (χ1) is 6.66. The predicted octanol–water partition coefficient (Wildman–Crippen LogP) is 0.513. The molecule has 0 radical (unpaired) electrons. The van der Waals surface area contributed by atoms with Crippen molar-refractivity contribution in [1.29, 1.82) is 0 Å². The lowest BCUT2D eigenvalue weighted by Crippen LogP contribution is -2.40. The van der Waals surface area contributed by atoms with E-state index in [0.717, 1.165) is 19.0 Å². The van der Waals surface area contributed by atoms with Crippen LogP contribution in [-0.4, -0.2) is 54.5 Å². The van der Waals surface area contributed by atoms with Gasteiger partial charge in [0, 0.05) is 19.1 Å². The van der Waals surface area contributed by atoms with Crippen LogP contribution in [0.3, 0.4) is 0 Å². The minimum atomic E-state index is -0.269. The predicted molar refractivity (Wildman–Crippen MR) is 59.2 cm³/mol. The molecule has 80 valence electrons. The average Bonchev–Trinajstić information content (AvgIpc) is 2.81. The summed E-state index contributed by atoms with van der Waals surface area (Å²) < 4.78 is 0. The molecule has 1 aliphatic heterocycles. The molecule has 3 nitrogen and oxygen atoms in total. The van der Waals surface area contributed by atoms with Crippen LogP contribution in [0.4, 0.5) is 0 Å². The van der Waals surface area contributed by atoms with Crippen LogP contribution in [0.15, 0.2) is 0 Å². The van der Waals surface area contributed by atoms with Crippen LogP contribution in [0.25, 0.3) is 0 Å². The van der Waals surface area contributed by atoms with Crippen molar-refractivity contribution in [2.75, 3.05) is 26.7 Å². The molecule has 14 heavy (non-hydrogen) atoms. The van der Waals surface area contributed by atoms with E-state index < -0.39 is 0 Å². The van der Waals surface area contributed by atoms with Crippen molar-refractivity contribution in [3.8, 4) is 0 Å². The van der Waals surface area contributed by atoms with E-state index in [-0.39, 0.29) is 7.05 Å².